The second-order valence-electron chi connectivity index (χ2n) is 6.33. The first kappa shape index (κ1) is 16.9. The van der Waals surface area contributed by atoms with Gasteiger partial charge in [-0.15, -0.1) is 11.3 Å². The number of carboxylic acid groups (broad SMARTS) is 1. The van der Waals surface area contributed by atoms with Crippen LogP contribution in [0.25, 0.3) is 10.2 Å². The molecule has 3 rings (SSSR count). The lowest BCUT2D eigenvalue weighted by Gasteiger charge is -2.26. The molecule has 1 heterocycles. The lowest BCUT2D eigenvalue weighted by molar-refractivity contribution is -0.150. The number of rotatable bonds is 8. The number of aryl methyl sites for hydroxylation is 1. The number of aromatic nitrogens is 1. The fourth-order valence-corrected chi connectivity index (χ4v) is 3.93. The molecular weight excluding hydrogens is 324 g/mol. The molecule has 0 bridgehead atoms. The molecule has 0 radical (unpaired) electrons. The van der Waals surface area contributed by atoms with Gasteiger partial charge in [0.2, 0.25) is 5.91 Å². The number of aliphatic carboxylic acids is 1. The molecule has 5 nitrogen and oxygen atoms in total. The van der Waals surface area contributed by atoms with Gasteiger partial charge in [-0.25, -0.2) is 9.78 Å². The highest BCUT2D eigenvalue weighted by molar-refractivity contribution is 7.18. The van der Waals surface area contributed by atoms with Gasteiger partial charge in [0.05, 0.1) is 15.2 Å². The Balaban J connectivity index is 1.48. The third-order valence-electron chi connectivity index (χ3n) is 4.37. The zero-order chi connectivity index (χ0) is 17.1. The first-order chi connectivity index (χ1) is 11.6. The summed E-state index contributed by atoms with van der Waals surface area (Å²) in [5.41, 5.74) is 1.03. The number of amides is 1. The highest BCUT2D eigenvalue weighted by atomic mass is 32.1. The minimum Gasteiger partial charge on any atom is -0.480 e. The first-order valence-electron chi connectivity index (χ1n) is 8.44. The van der Waals surface area contributed by atoms with Gasteiger partial charge in [-0.3, -0.25) is 4.79 Å². The van der Waals surface area contributed by atoms with Crippen LogP contribution in [-0.2, 0) is 16.0 Å². The molecule has 1 aromatic carbocycles. The molecule has 2 aromatic rings. The van der Waals surface area contributed by atoms with E-state index in [0.29, 0.717) is 6.42 Å². The van der Waals surface area contributed by atoms with Crippen molar-refractivity contribution in [1.82, 2.24) is 9.88 Å². The Morgan fingerprint density at radius 1 is 1.33 bits per heavy atom. The van der Waals surface area contributed by atoms with Crippen molar-refractivity contribution in [3.05, 3.63) is 29.3 Å². The summed E-state index contributed by atoms with van der Waals surface area (Å²) in [5.74, 6) is -0.957. The minimum atomic E-state index is -0.926. The average Bonchev–Trinajstić information content (AvgIpc) is 3.29. The Bertz CT molecular complexity index is 706. The summed E-state index contributed by atoms with van der Waals surface area (Å²) in [6.45, 7) is 1.60. The van der Waals surface area contributed by atoms with Gasteiger partial charge in [0.1, 0.15) is 6.04 Å². The molecule has 1 unspecified atom stereocenters. The molecule has 6 heteroatoms. The predicted octanol–water partition coefficient (Wildman–Crippen LogP) is 3.47. The van der Waals surface area contributed by atoms with Crippen LogP contribution in [0.5, 0.6) is 0 Å². The minimum absolute atomic E-state index is 0.0308. The van der Waals surface area contributed by atoms with Crippen LogP contribution in [0.3, 0.4) is 0 Å². The lowest BCUT2D eigenvalue weighted by Crippen LogP contribution is -2.44. The van der Waals surface area contributed by atoms with Crippen LogP contribution in [0, 0.1) is 0 Å². The summed E-state index contributed by atoms with van der Waals surface area (Å²) in [6, 6.07) is 7.49. The molecule has 1 saturated carbocycles. The first-order valence-corrected chi connectivity index (χ1v) is 9.26. The molecular formula is C18H22N2O3S. The average molecular weight is 346 g/mol. The highest BCUT2D eigenvalue weighted by Gasteiger charge is 2.37. The molecule has 0 aliphatic heterocycles. The summed E-state index contributed by atoms with van der Waals surface area (Å²) in [6.07, 6.45) is 4.80. The number of unbranched alkanes of at least 4 members (excludes halogenated alkanes) is 1. The summed E-state index contributed by atoms with van der Waals surface area (Å²) in [5, 5.41) is 10.3. The van der Waals surface area contributed by atoms with Crippen molar-refractivity contribution >= 4 is 33.4 Å². The molecule has 0 saturated heterocycles. The van der Waals surface area contributed by atoms with E-state index in [1.165, 1.54) is 4.70 Å². The zero-order valence-electron chi connectivity index (χ0n) is 13.8. The van der Waals surface area contributed by atoms with Crippen molar-refractivity contribution in [2.45, 2.75) is 57.5 Å². The van der Waals surface area contributed by atoms with Gasteiger partial charge in [-0.1, -0.05) is 12.1 Å². The summed E-state index contributed by atoms with van der Waals surface area (Å²) < 4.78 is 1.19. The fourth-order valence-electron chi connectivity index (χ4n) is 2.92. The van der Waals surface area contributed by atoms with Crippen LogP contribution in [0.15, 0.2) is 24.3 Å². The fraction of sp³-hybridized carbons (Fsp3) is 0.500. The third-order valence-corrected chi connectivity index (χ3v) is 5.47. The van der Waals surface area contributed by atoms with Gasteiger partial charge in [0.15, 0.2) is 0 Å². The SMILES string of the molecule is CC(C(=O)O)N(C(=O)CCCCc1nc2ccccc2s1)C1CC1. The number of para-hydroxylation sites is 1. The van der Waals surface area contributed by atoms with Crippen molar-refractivity contribution in [2.24, 2.45) is 0 Å². The molecule has 1 fully saturated rings. The van der Waals surface area contributed by atoms with Crippen LogP contribution in [0.1, 0.15) is 44.0 Å². The van der Waals surface area contributed by atoms with Crippen molar-refractivity contribution in [2.75, 3.05) is 0 Å². The van der Waals surface area contributed by atoms with E-state index in [4.69, 9.17) is 5.11 Å². The van der Waals surface area contributed by atoms with Crippen molar-refractivity contribution < 1.29 is 14.7 Å². The third kappa shape index (κ3) is 3.93. The molecule has 1 aliphatic carbocycles. The van der Waals surface area contributed by atoms with E-state index in [1.807, 2.05) is 18.2 Å². The topological polar surface area (TPSA) is 70.5 Å². The summed E-state index contributed by atoms with van der Waals surface area (Å²) >= 11 is 1.70. The quantitative estimate of drug-likeness (QED) is 0.743. The van der Waals surface area contributed by atoms with Gasteiger partial charge in [0.25, 0.3) is 0 Å². The van der Waals surface area contributed by atoms with E-state index in [-0.39, 0.29) is 11.9 Å². The lowest BCUT2D eigenvalue weighted by atomic mass is 10.1. The Morgan fingerprint density at radius 2 is 2.08 bits per heavy atom. The molecule has 0 spiro atoms. The number of nitrogens with zero attached hydrogens (tertiary/aromatic N) is 2. The normalized spacial score (nSPS) is 15.4. The van der Waals surface area contributed by atoms with Crippen LogP contribution in [0.4, 0.5) is 0 Å². The van der Waals surface area contributed by atoms with Gasteiger partial charge < -0.3 is 10.0 Å². The molecule has 1 N–H and O–H groups in total. The van der Waals surface area contributed by atoms with E-state index in [0.717, 1.165) is 42.6 Å². The number of carboxylic acids is 1. The Morgan fingerprint density at radius 3 is 2.75 bits per heavy atom. The second-order valence-corrected chi connectivity index (χ2v) is 7.44. The maximum Gasteiger partial charge on any atom is 0.326 e. The van der Waals surface area contributed by atoms with Gasteiger partial charge >= 0.3 is 5.97 Å². The number of hydrogen-bond donors (Lipinski definition) is 1. The largest absolute Gasteiger partial charge is 0.480 e. The molecule has 1 amide bonds. The maximum atomic E-state index is 12.4. The second kappa shape index (κ2) is 7.30. The molecule has 128 valence electrons. The zero-order valence-corrected chi connectivity index (χ0v) is 14.6. The molecule has 1 aliphatic rings. The highest BCUT2D eigenvalue weighted by Crippen LogP contribution is 2.30. The number of hydrogen-bond acceptors (Lipinski definition) is 4. The predicted molar refractivity (Wildman–Crippen MR) is 94.1 cm³/mol. The van der Waals surface area contributed by atoms with Crippen molar-refractivity contribution in [3.63, 3.8) is 0 Å². The number of carbonyl (C=O) groups is 2. The number of benzene rings is 1. The van der Waals surface area contributed by atoms with E-state index < -0.39 is 12.0 Å². The maximum absolute atomic E-state index is 12.4. The van der Waals surface area contributed by atoms with Crippen molar-refractivity contribution in [3.8, 4) is 0 Å². The molecule has 24 heavy (non-hydrogen) atoms. The Labute approximate surface area is 145 Å². The van der Waals surface area contributed by atoms with Crippen molar-refractivity contribution in [1.29, 1.82) is 0 Å². The molecule has 1 aromatic heterocycles. The van der Waals surface area contributed by atoms with Crippen LogP contribution in [-0.4, -0.2) is 39.0 Å². The van der Waals surface area contributed by atoms with E-state index >= 15 is 0 Å². The van der Waals surface area contributed by atoms with Gasteiger partial charge in [-0.2, -0.15) is 0 Å². The number of carbonyl (C=O) groups excluding carboxylic acids is 1. The van der Waals surface area contributed by atoms with Gasteiger partial charge in [-0.05, 0) is 51.2 Å². The standard InChI is InChI=1S/C18H22N2O3S/c1-12(18(22)23)20(13-10-11-13)17(21)9-5-4-8-16-19-14-6-2-3-7-15(14)24-16/h2-3,6-7,12-13H,4-5,8-11H2,1H3,(H,22,23). The summed E-state index contributed by atoms with van der Waals surface area (Å²) in [7, 11) is 0. The monoisotopic (exact) mass is 346 g/mol. The van der Waals surface area contributed by atoms with Crippen LogP contribution < -0.4 is 0 Å². The van der Waals surface area contributed by atoms with Crippen LogP contribution >= 0.6 is 11.3 Å². The van der Waals surface area contributed by atoms with E-state index in [9.17, 15) is 9.59 Å². The smallest absolute Gasteiger partial charge is 0.326 e. The van der Waals surface area contributed by atoms with Gasteiger partial charge in [0, 0.05) is 12.5 Å². The Hall–Kier alpha value is -1.95. The number of thiazole rings is 1. The summed E-state index contributed by atoms with van der Waals surface area (Å²) in [4.78, 5) is 29.7. The van der Waals surface area contributed by atoms with E-state index in [2.05, 4.69) is 11.1 Å². The molecule has 1 atom stereocenters. The van der Waals surface area contributed by atoms with Crippen LogP contribution in [0.2, 0.25) is 0 Å². The Kier molecular flexibility index (Phi) is 5.14. The number of fused-ring (bicyclic) bond motifs is 1. The van der Waals surface area contributed by atoms with E-state index in [1.54, 1.807) is 23.2 Å².